The number of nitrogens with one attached hydrogen (secondary N) is 1. The van der Waals surface area contributed by atoms with Gasteiger partial charge in [0.15, 0.2) is 0 Å². The first kappa shape index (κ1) is 15.0. The summed E-state index contributed by atoms with van der Waals surface area (Å²) < 4.78 is 4.82. The first-order chi connectivity index (χ1) is 8.93. The SMILES string of the molecule is COC(C)C(=O)NC(Cc1ccc(O)cc1)C(=O)O. The van der Waals surface area contributed by atoms with Gasteiger partial charge in [0.1, 0.15) is 17.9 Å². The Morgan fingerprint density at radius 2 is 1.89 bits per heavy atom. The lowest BCUT2D eigenvalue weighted by molar-refractivity contribution is -0.143. The van der Waals surface area contributed by atoms with E-state index in [4.69, 9.17) is 14.9 Å². The highest BCUT2D eigenvalue weighted by molar-refractivity contribution is 5.86. The molecular weight excluding hydrogens is 250 g/mol. The van der Waals surface area contributed by atoms with Gasteiger partial charge in [-0.1, -0.05) is 12.1 Å². The number of methoxy groups -OCH3 is 1. The highest BCUT2D eigenvalue weighted by Crippen LogP contribution is 2.11. The number of phenols is 1. The molecule has 0 heterocycles. The zero-order chi connectivity index (χ0) is 14.4. The van der Waals surface area contributed by atoms with Crippen molar-refractivity contribution in [1.29, 1.82) is 0 Å². The number of carboxylic acid groups (broad SMARTS) is 1. The number of amides is 1. The first-order valence-corrected chi connectivity index (χ1v) is 5.78. The van der Waals surface area contributed by atoms with Gasteiger partial charge >= 0.3 is 5.97 Å². The number of hydrogen-bond donors (Lipinski definition) is 3. The van der Waals surface area contributed by atoms with Crippen LogP contribution in [-0.2, 0) is 20.7 Å². The summed E-state index contributed by atoms with van der Waals surface area (Å²) in [7, 11) is 1.37. The molecule has 0 fully saturated rings. The van der Waals surface area contributed by atoms with E-state index in [1.807, 2.05) is 0 Å². The zero-order valence-corrected chi connectivity index (χ0v) is 10.8. The summed E-state index contributed by atoms with van der Waals surface area (Å²) in [6.45, 7) is 1.54. The average Bonchev–Trinajstić information content (AvgIpc) is 2.39. The molecule has 0 aliphatic carbocycles. The quantitative estimate of drug-likeness (QED) is 0.699. The lowest BCUT2D eigenvalue weighted by atomic mass is 10.1. The molecule has 0 aliphatic heterocycles. The molecule has 19 heavy (non-hydrogen) atoms. The number of phenolic OH excluding ortho intramolecular Hbond substituents is 1. The molecule has 0 saturated carbocycles. The molecule has 1 amide bonds. The maximum atomic E-state index is 11.6. The van der Waals surface area contributed by atoms with E-state index in [9.17, 15) is 9.59 Å². The van der Waals surface area contributed by atoms with Gasteiger partial charge in [-0.2, -0.15) is 0 Å². The second kappa shape index (κ2) is 6.75. The minimum Gasteiger partial charge on any atom is -0.508 e. The Kier molecular flexibility index (Phi) is 5.32. The Morgan fingerprint density at radius 3 is 2.37 bits per heavy atom. The van der Waals surface area contributed by atoms with Crippen LogP contribution in [0.15, 0.2) is 24.3 Å². The predicted molar refractivity (Wildman–Crippen MR) is 67.8 cm³/mol. The largest absolute Gasteiger partial charge is 0.508 e. The van der Waals surface area contributed by atoms with Crippen molar-refractivity contribution in [2.45, 2.75) is 25.5 Å². The normalized spacial score (nSPS) is 13.6. The minimum absolute atomic E-state index is 0.104. The van der Waals surface area contributed by atoms with Crippen molar-refractivity contribution in [1.82, 2.24) is 5.32 Å². The molecule has 0 radical (unpaired) electrons. The zero-order valence-electron chi connectivity index (χ0n) is 10.8. The number of aromatic hydroxyl groups is 1. The fourth-order valence-corrected chi connectivity index (χ4v) is 1.46. The number of carbonyl (C=O) groups is 2. The molecule has 104 valence electrons. The van der Waals surface area contributed by atoms with Gasteiger partial charge in [-0.05, 0) is 24.6 Å². The van der Waals surface area contributed by atoms with Gasteiger partial charge in [0.2, 0.25) is 5.91 Å². The number of carboxylic acids is 1. The molecule has 2 atom stereocenters. The van der Waals surface area contributed by atoms with Gasteiger partial charge < -0.3 is 20.3 Å². The van der Waals surface area contributed by atoms with Crippen molar-refractivity contribution in [3.05, 3.63) is 29.8 Å². The van der Waals surface area contributed by atoms with Crippen molar-refractivity contribution in [3.8, 4) is 5.75 Å². The van der Waals surface area contributed by atoms with Gasteiger partial charge in [-0.3, -0.25) is 4.79 Å². The van der Waals surface area contributed by atoms with Gasteiger partial charge in [0, 0.05) is 13.5 Å². The van der Waals surface area contributed by atoms with Crippen molar-refractivity contribution >= 4 is 11.9 Å². The fraction of sp³-hybridized carbons (Fsp3) is 0.385. The third-order valence-corrected chi connectivity index (χ3v) is 2.71. The third kappa shape index (κ3) is 4.59. The summed E-state index contributed by atoms with van der Waals surface area (Å²) in [5.41, 5.74) is 0.704. The van der Waals surface area contributed by atoms with E-state index in [-0.39, 0.29) is 12.2 Å². The molecule has 2 unspecified atom stereocenters. The van der Waals surface area contributed by atoms with Crippen LogP contribution in [0, 0.1) is 0 Å². The van der Waals surface area contributed by atoms with Crippen LogP contribution in [0.4, 0.5) is 0 Å². The number of benzene rings is 1. The van der Waals surface area contributed by atoms with Crippen LogP contribution in [0.2, 0.25) is 0 Å². The summed E-state index contributed by atoms with van der Waals surface area (Å²) in [6, 6.07) is 5.12. The van der Waals surface area contributed by atoms with Crippen LogP contribution >= 0.6 is 0 Å². The highest BCUT2D eigenvalue weighted by atomic mass is 16.5. The number of rotatable bonds is 6. The molecular formula is C13H17NO5. The number of hydrogen-bond acceptors (Lipinski definition) is 4. The van der Waals surface area contributed by atoms with Crippen LogP contribution in [0.5, 0.6) is 5.75 Å². The van der Waals surface area contributed by atoms with Gasteiger partial charge in [-0.25, -0.2) is 4.79 Å². The number of ether oxygens (including phenoxy) is 1. The third-order valence-electron chi connectivity index (χ3n) is 2.71. The molecule has 3 N–H and O–H groups in total. The molecule has 6 nitrogen and oxygen atoms in total. The van der Waals surface area contributed by atoms with E-state index in [2.05, 4.69) is 5.32 Å². The van der Waals surface area contributed by atoms with Crippen molar-refractivity contribution in [3.63, 3.8) is 0 Å². The Hall–Kier alpha value is -2.08. The van der Waals surface area contributed by atoms with Crippen molar-refractivity contribution < 1.29 is 24.5 Å². The first-order valence-electron chi connectivity index (χ1n) is 5.78. The summed E-state index contributed by atoms with van der Waals surface area (Å²) in [5, 5.41) is 20.6. The topological polar surface area (TPSA) is 95.9 Å². The van der Waals surface area contributed by atoms with Crippen LogP contribution in [0.3, 0.4) is 0 Å². The van der Waals surface area contributed by atoms with E-state index < -0.39 is 24.0 Å². The van der Waals surface area contributed by atoms with E-state index >= 15 is 0 Å². The molecule has 1 aromatic rings. The summed E-state index contributed by atoms with van der Waals surface area (Å²) in [6.07, 6.45) is -0.570. The Morgan fingerprint density at radius 1 is 1.32 bits per heavy atom. The standard InChI is InChI=1S/C13H17NO5/c1-8(19-2)12(16)14-11(13(17)18)7-9-3-5-10(15)6-4-9/h3-6,8,11,15H,7H2,1-2H3,(H,14,16)(H,17,18). The molecule has 6 heteroatoms. The second-order valence-corrected chi connectivity index (χ2v) is 4.15. The maximum absolute atomic E-state index is 11.6. The van der Waals surface area contributed by atoms with Crippen LogP contribution in [0.25, 0.3) is 0 Å². The molecule has 0 saturated heterocycles. The molecule has 0 aliphatic rings. The summed E-state index contributed by atoms with van der Waals surface area (Å²) in [4.78, 5) is 22.7. The smallest absolute Gasteiger partial charge is 0.326 e. The lowest BCUT2D eigenvalue weighted by Gasteiger charge is -2.17. The summed E-state index contributed by atoms with van der Waals surface area (Å²) >= 11 is 0. The molecule has 1 aromatic carbocycles. The van der Waals surface area contributed by atoms with Crippen LogP contribution in [-0.4, -0.2) is 41.3 Å². The Balaban J connectivity index is 2.71. The number of aliphatic carboxylic acids is 1. The minimum atomic E-state index is -1.12. The Labute approximate surface area is 111 Å². The van der Waals surface area contributed by atoms with Gasteiger partial charge in [0.25, 0.3) is 0 Å². The van der Waals surface area contributed by atoms with Gasteiger partial charge in [-0.15, -0.1) is 0 Å². The predicted octanol–water partition coefficient (Wildman–Crippen LogP) is 0.539. The van der Waals surface area contributed by atoms with E-state index in [0.717, 1.165) is 0 Å². The van der Waals surface area contributed by atoms with E-state index in [1.165, 1.54) is 26.2 Å². The second-order valence-electron chi connectivity index (χ2n) is 4.15. The van der Waals surface area contributed by atoms with Crippen molar-refractivity contribution in [2.24, 2.45) is 0 Å². The summed E-state index contributed by atoms with van der Waals surface area (Å²) in [5.74, 6) is -1.49. The molecule has 0 bridgehead atoms. The van der Waals surface area contributed by atoms with Crippen LogP contribution < -0.4 is 5.32 Å². The lowest BCUT2D eigenvalue weighted by Crippen LogP contribution is -2.46. The van der Waals surface area contributed by atoms with E-state index in [1.54, 1.807) is 12.1 Å². The molecule has 0 aromatic heterocycles. The van der Waals surface area contributed by atoms with Gasteiger partial charge in [0.05, 0.1) is 0 Å². The number of carbonyl (C=O) groups excluding carboxylic acids is 1. The fourth-order valence-electron chi connectivity index (χ4n) is 1.46. The maximum Gasteiger partial charge on any atom is 0.326 e. The van der Waals surface area contributed by atoms with Crippen LogP contribution in [0.1, 0.15) is 12.5 Å². The van der Waals surface area contributed by atoms with Crippen molar-refractivity contribution in [2.75, 3.05) is 7.11 Å². The monoisotopic (exact) mass is 267 g/mol. The Bertz CT molecular complexity index is 443. The average molecular weight is 267 g/mol. The van der Waals surface area contributed by atoms with E-state index in [0.29, 0.717) is 5.56 Å². The highest BCUT2D eigenvalue weighted by Gasteiger charge is 2.23. The molecule has 1 rings (SSSR count). The molecule has 0 spiro atoms.